The monoisotopic (exact) mass is 343 g/mol. The second-order valence-electron chi connectivity index (χ2n) is 6.56. The number of hydrogen-bond acceptors (Lipinski definition) is 3. The van der Waals surface area contributed by atoms with Crippen molar-refractivity contribution in [3.8, 4) is 5.75 Å². The lowest BCUT2D eigenvalue weighted by Gasteiger charge is -2.24. The van der Waals surface area contributed by atoms with Gasteiger partial charge in [0.1, 0.15) is 5.75 Å². The third-order valence-corrected chi connectivity index (χ3v) is 4.11. The summed E-state index contributed by atoms with van der Waals surface area (Å²) in [6.07, 6.45) is 0. The van der Waals surface area contributed by atoms with Gasteiger partial charge >= 0.3 is 0 Å². The van der Waals surface area contributed by atoms with E-state index in [2.05, 4.69) is 46.8 Å². The molecule has 0 radical (unpaired) electrons. The second-order valence-corrected chi connectivity index (χ2v) is 6.56. The highest BCUT2D eigenvalue weighted by Gasteiger charge is 2.16. The predicted molar refractivity (Wildman–Crippen MR) is 104 cm³/mol. The van der Waals surface area contributed by atoms with Crippen LogP contribution in [0.2, 0.25) is 0 Å². The largest absolute Gasteiger partial charge is 0.497 e. The van der Waals surface area contributed by atoms with Gasteiger partial charge in [0.05, 0.1) is 19.3 Å². The minimum atomic E-state index is -0.238. The number of methoxy groups -OCH3 is 2. The summed E-state index contributed by atoms with van der Waals surface area (Å²) in [6.45, 7) is 8.26. The SMILES string of the molecule is CCNC(=NCc1ccc2cc(OC)ccc2c1)NCC(C)(C)OC. The molecule has 136 valence electrons. The molecule has 0 aliphatic heterocycles. The molecule has 5 heteroatoms. The van der Waals surface area contributed by atoms with E-state index in [1.54, 1.807) is 14.2 Å². The van der Waals surface area contributed by atoms with Gasteiger partial charge in [-0.1, -0.05) is 18.2 Å². The molecule has 0 saturated carbocycles. The molecule has 2 aromatic rings. The predicted octanol–water partition coefficient (Wildman–Crippen LogP) is 3.33. The van der Waals surface area contributed by atoms with Gasteiger partial charge in [0.15, 0.2) is 5.96 Å². The third kappa shape index (κ3) is 5.64. The molecule has 0 aliphatic carbocycles. The fourth-order valence-corrected chi connectivity index (χ4v) is 2.38. The fraction of sp³-hybridized carbons (Fsp3) is 0.450. The van der Waals surface area contributed by atoms with Gasteiger partial charge in [0.25, 0.3) is 0 Å². The van der Waals surface area contributed by atoms with Gasteiger partial charge in [-0.2, -0.15) is 0 Å². The Kier molecular flexibility index (Phi) is 6.65. The van der Waals surface area contributed by atoms with Crippen LogP contribution in [-0.2, 0) is 11.3 Å². The van der Waals surface area contributed by atoms with E-state index < -0.39 is 0 Å². The molecule has 0 unspecified atom stereocenters. The zero-order chi connectivity index (χ0) is 18.3. The molecule has 5 nitrogen and oxygen atoms in total. The molecule has 25 heavy (non-hydrogen) atoms. The van der Waals surface area contributed by atoms with Crippen LogP contribution in [0.1, 0.15) is 26.3 Å². The summed E-state index contributed by atoms with van der Waals surface area (Å²) in [7, 11) is 3.40. The maximum atomic E-state index is 5.44. The van der Waals surface area contributed by atoms with Crippen LogP contribution in [0.3, 0.4) is 0 Å². The Labute approximate surface area is 150 Å². The Morgan fingerprint density at radius 2 is 1.76 bits per heavy atom. The first-order valence-corrected chi connectivity index (χ1v) is 8.61. The summed E-state index contributed by atoms with van der Waals surface area (Å²) >= 11 is 0. The molecule has 0 fully saturated rings. The number of ether oxygens (including phenoxy) is 2. The van der Waals surface area contributed by atoms with E-state index in [0.29, 0.717) is 13.1 Å². The summed E-state index contributed by atoms with van der Waals surface area (Å²) in [5.74, 6) is 1.67. The Bertz CT molecular complexity index is 726. The molecule has 0 atom stereocenters. The Hall–Kier alpha value is -2.27. The van der Waals surface area contributed by atoms with Gasteiger partial charge in [-0.05, 0) is 55.3 Å². The average Bonchev–Trinajstić information content (AvgIpc) is 2.63. The summed E-state index contributed by atoms with van der Waals surface area (Å²) in [5, 5.41) is 8.95. The van der Waals surface area contributed by atoms with E-state index in [1.165, 1.54) is 16.3 Å². The van der Waals surface area contributed by atoms with Crippen LogP contribution in [0.15, 0.2) is 41.4 Å². The van der Waals surface area contributed by atoms with Gasteiger partial charge in [0.2, 0.25) is 0 Å². The number of guanidine groups is 1. The smallest absolute Gasteiger partial charge is 0.191 e. The molecular weight excluding hydrogens is 314 g/mol. The van der Waals surface area contributed by atoms with E-state index in [-0.39, 0.29) is 5.60 Å². The number of benzene rings is 2. The van der Waals surface area contributed by atoms with Crippen LogP contribution in [0.25, 0.3) is 10.8 Å². The molecule has 0 aliphatic rings. The topological polar surface area (TPSA) is 54.9 Å². The van der Waals surface area contributed by atoms with Gasteiger partial charge in [-0.25, -0.2) is 4.99 Å². The molecule has 2 aromatic carbocycles. The van der Waals surface area contributed by atoms with Crippen molar-refractivity contribution in [2.45, 2.75) is 32.9 Å². The standard InChI is InChI=1S/C20H29N3O2/c1-6-21-19(23-14-20(2,3)25-5)22-13-15-7-8-17-12-18(24-4)10-9-16(17)11-15/h7-12H,6,13-14H2,1-5H3,(H2,21,22,23). The number of aliphatic imine (C=N–C) groups is 1. The van der Waals surface area contributed by atoms with Crippen molar-refractivity contribution in [3.05, 3.63) is 42.0 Å². The molecule has 0 heterocycles. The van der Waals surface area contributed by atoms with Gasteiger partial charge < -0.3 is 20.1 Å². The highest BCUT2D eigenvalue weighted by molar-refractivity contribution is 5.84. The van der Waals surface area contributed by atoms with Gasteiger partial charge in [0, 0.05) is 20.2 Å². The van der Waals surface area contributed by atoms with Crippen LogP contribution < -0.4 is 15.4 Å². The minimum absolute atomic E-state index is 0.238. The van der Waals surface area contributed by atoms with Crippen molar-refractivity contribution in [1.82, 2.24) is 10.6 Å². The van der Waals surface area contributed by atoms with E-state index in [0.717, 1.165) is 18.3 Å². The van der Waals surface area contributed by atoms with E-state index >= 15 is 0 Å². The third-order valence-electron chi connectivity index (χ3n) is 4.11. The van der Waals surface area contributed by atoms with Crippen molar-refractivity contribution >= 4 is 16.7 Å². The summed E-state index contributed by atoms with van der Waals surface area (Å²) in [5.41, 5.74) is 0.930. The van der Waals surface area contributed by atoms with Crippen molar-refractivity contribution in [2.75, 3.05) is 27.3 Å². The fourth-order valence-electron chi connectivity index (χ4n) is 2.38. The molecule has 0 aromatic heterocycles. The van der Waals surface area contributed by atoms with Crippen molar-refractivity contribution in [3.63, 3.8) is 0 Å². The van der Waals surface area contributed by atoms with Crippen molar-refractivity contribution < 1.29 is 9.47 Å². The van der Waals surface area contributed by atoms with Crippen LogP contribution in [-0.4, -0.2) is 38.9 Å². The van der Waals surface area contributed by atoms with Crippen LogP contribution >= 0.6 is 0 Å². The number of nitrogens with one attached hydrogen (secondary N) is 2. The van der Waals surface area contributed by atoms with Crippen LogP contribution in [0.5, 0.6) is 5.75 Å². The molecule has 0 amide bonds. The molecular formula is C20H29N3O2. The maximum absolute atomic E-state index is 5.44. The van der Waals surface area contributed by atoms with Crippen LogP contribution in [0.4, 0.5) is 0 Å². The maximum Gasteiger partial charge on any atom is 0.191 e. The van der Waals surface area contributed by atoms with Gasteiger partial charge in [-0.15, -0.1) is 0 Å². The average molecular weight is 343 g/mol. The quantitative estimate of drug-likeness (QED) is 0.598. The van der Waals surface area contributed by atoms with E-state index in [1.807, 2.05) is 26.0 Å². The first-order chi connectivity index (χ1) is 12.0. The zero-order valence-corrected chi connectivity index (χ0v) is 15.8. The molecule has 2 rings (SSSR count). The molecule has 0 bridgehead atoms. The highest BCUT2D eigenvalue weighted by atomic mass is 16.5. The Morgan fingerprint density at radius 3 is 2.44 bits per heavy atom. The first-order valence-electron chi connectivity index (χ1n) is 8.61. The summed E-state index contributed by atoms with van der Waals surface area (Å²) < 4.78 is 10.7. The van der Waals surface area contributed by atoms with Crippen molar-refractivity contribution in [2.24, 2.45) is 4.99 Å². The normalized spacial score (nSPS) is 12.3. The lowest BCUT2D eigenvalue weighted by atomic mass is 10.1. The van der Waals surface area contributed by atoms with Gasteiger partial charge in [-0.3, -0.25) is 0 Å². The second kappa shape index (κ2) is 8.72. The van der Waals surface area contributed by atoms with E-state index in [9.17, 15) is 0 Å². The number of fused-ring (bicyclic) bond motifs is 1. The number of hydrogen-bond donors (Lipinski definition) is 2. The lowest BCUT2D eigenvalue weighted by molar-refractivity contribution is 0.0268. The highest BCUT2D eigenvalue weighted by Crippen LogP contribution is 2.22. The zero-order valence-electron chi connectivity index (χ0n) is 15.8. The van der Waals surface area contributed by atoms with E-state index in [4.69, 9.17) is 9.47 Å². The lowest BCUT2D eigenvalue weighted by Crippen LogP contribution is -2.45. The molecule has 0 saturated heterocycles. The number of rotatable bonds is 7. The van der Waals surface area contributed by atoms with Crippen molar-refractivity contribution in [1.29, 1.82) is 0 Å². The first kappa shape index (κ1) is 19.1. The number of nitrogens with zero attached hydrogens (tertiary/aromatic N) is 1. The summed E-state index contributed by atoms with van der Waals surface area (Å²) in [4.78, 5) is 4.68. The Morgan fingerprint density at radius 1 is 1.04 bits per heavy atom. The summed E-state index contributed by atoms with van der Waals surface area (Å²) in [6, 6.07) is 12.5. The molecule has 0 spiro atoms. The Balaban J connectivity index is 2.09. The minimum Gasteiger partial charge on any atom is -0.497 e. The molecule has 2 N–H and O–H groups in total. The van der Waals surface area contributed by atoms with Crippen LogP contribution in [0, 0.1) is 0 Å².